The molecule has 0 aliphatic rings. The summed E-state index contributed by atoms with van der Waals surface area (Å²) in [6.45, 7) is -0.0781. The third kappa shape index (κ3) is 7.96. The monoisotopic (exact) mass is 473 g/mol. The van der Waals surface area contributed by atoms with E-state index >= 15 is 0 Å². The molecular formula is C19H16Cl2F3N5O2. The lowest BCUT2D eigenvalue weighted by Crippen LogP contribution is -2.31. The van der Waals surface area contributed by atoms with Gasteiger partial charge in [-0.2, -0.15) is 18.4 Å². The van der Waals surface area contributed by atoms with Crippen molar-refractivity contribution in [3.05, 3.63) is 57.7 Å². The van der Waals surface area contributed by atoms with Gasteiger partial charge in [0.05, 0.1) is 22.9 Å². The molecule has 1 aromatic carbocycles. The molecule has 1 atom stereocenters. The number of hydrogen-bond donors (Lipinski definition) is 2. The van der Waals surface area contributed by atoms with Crippen LogP contribution in [0.2, 0.25) is 10.0 Å². The van der Waals surface area contributed by atoms with Gasteiger partial charge in [-0.05, 0) is 23.8 Å². The first-order valence-electron chi connectivity index (χ1n) is 8.74. The molecule has 0 unspecified atom stereocenters. The van der Waals surface area contributed by atoms with E-state index in [4.69, 9.17) is 28.0 Å². The number of alkyl halides is 3. The quantitative estimate of drug-likeness (QED) is 0.322. The number of halogens is 5. The van der Waals surface area contributed by atoms with E-state index in [2.05, 4.69) is 20.8 Å². The zero-order valence-corrected chi connectivity index (χ0v) is 17.3. The first-order chi connectivity index (χ1) is 14.7. The van der Waals surface area contributed by atoms with E-state index in [1.165, 1.54) is 6.21 Å². The Hall–Kier alpha value is -3.03. The molecule has 0 spiro atoms. The van der Waals surface area contributed by atoms with Crippen molar-refractivity contribution in [2.24, 2.45) is 5.16 Å². The van der Waals surface area contributed by atoms with Gasteiger partial charge in [0.15, 0.2) is 6.61 Å². The zero-order valence-electron chi connectivity index (χ0n) is 15.8. The second-order valence-electron chi connectivity index (χ2n) is 6.02. The molecule has 0 saturated heterocycles. The van der Waals surface area contributed by atoms with Crippen LogP contribution in [-0.2, 0) is 15.8 Å². The molecule has 2 rings (SSSR count). The highest BCUT2D eigenvalue weighted by molar-refractivity contribution is 6.33. The molecule has 164 valence electrons. The molecule has 1 heterocycles. The van der Waals surface area contributed by atoms with Gasteiger partial charge >= 0.3 is 6.18 Å². The van der Waals surface area contributed by atoms with Gasteiger partial charge in [0.1, 0.15) is 11.7 Å². The van der Waals surface area contributed by atoms with E-state index in [0.717, 1.165) is 6.07 Å². The molecule has 2 N–H and O–H groups in total. The summed E-state index contributed by atoms with van der Waals surface area (Å²) in [7, 11) is 0. The average molecular weight is 474 g/mol. The smallest absolute Gasteiger partial charge is 0.386 e. The average Bonchev–Trinajstić information content (AvgIpc) is 2.72. The van der Waals surface area contributed by atoms with Crippen LogP contribution in [0.15, 0.2) is 41.7 Å². The lowest BCUT2D eigenvalue weighted by molar-refractivity contribution is -0.137. The van der Waals surface area contributed by atoms with Crippen molar-refractivity contribution in [2.45, 2.75) is 12.1 Å². The number of nitriles is 1. The number of carbonyl (C=O) groups excluding carboxylic acids is 1. The highest BCUT2D eigenvalue weighted by Crippen LogP contribution is 2.32. The minimum Gasteiger partial charge on any atom is -0.386 e. The SMILES string of the molecule is N#C[C@H](/C=N\OCC(=O)NCCNc1ncc(C(F)(F)F)cc1Cl)c1ccc(Cl)cc1. The van der Waals surface area contributed by atoms with Gasteiger partial charge in [-0.25, -0.2) is 4.98 Å². The number of benzene rings is 1. The molecule has 0 radical (unpaired) electrons. The van der Waals surface area contributed by atoms with Gasteiger partial charge in [-0.15, -0.1) is 0 Å². The van der Waals surface area contributed by atoms with Crippen LogP contribution in [-0.4, -0.2) is 36.8 Å². The molecule has 0 aliphatic carbocycles. The van der Waals surface area contributed by atoms with Crippen LogP contribution < -0.4 is 10.6 Å². The Bertz CT molecular complexity index is 962. The Morgan fingerprint density at radius 1 is 1.29 bits per heavy atom. The Morgan fingerprint density at radius 3 is 2.61 bits per heavy atom. The third-order valence-corrected chi connectivity index (χ3v) is 4.30. The van der Waals surface area contributed by atoms with Crippen molar-refractivity contribution in [3.8, 4) is 6.07 Å². The van der Waals surface area contributed by atoms with Crippen molar-refractivity contribution in [1.29, 1.82) is 5.26 Å². The number of rotatable bonds is 9. The van der Waals surface area contributed by atoms with Crippen LogP contribution in [0.3, 0.4) is 0 Å². The first-order valence-corrected chi connectivity index (χ1v) is 9.50. The third-order valence-electron chi connectivity index (χ3n) is 3.76. The molecular weight excluding hydrogens is 458 g/mol. The van der Waals surface area contributed by atoms with Crippen LogP contribution in [0, 0.1) is 11.3 Å². The number of oxime groups is 1. The Morgan fingerprint density at radius 2 is 2.00 bits per heavy atom. The Balaban J connectivity index is 1.70. The number of hydrogen-bond acceptors (Lipinski definition) is 6. The van der Waals surface area contributed by atoms with Gasteiger partial charge in [0.2, 0.25) is 0 Å². The van der Waals surface area contributed by atoms with Crippen molar-refractivity contribution >= 4 is 41.1 Å². The second kappa shape index (κ2) is 11.4. The molecule has 31 heavy (non-hydrogen) atoms. The van der Waals surface area contributed by atoms with Crippen molar-refractivity contribution < 1.29 is 22.8 Å². The van der Waals surface area contributed by atoms with Gasteiger partial charge in [-0.3, -0.25) is 4.79 Å². The number of aromatic nitrogens is 1. The predicted octanol–water partition coefficient (Wildman–Crippen LogP) is 4.25. The molecule has 7 nitrogen and oxygen atoms in total. The summed E-state index contributed by atoms with van der Waals surface area (Å²) in [4.78, 5) is 20.2. The van der Waals surface area contributed by atoms with Crippen LogP contribution in [0.25, 0.3) is 0 Å². The molecule has 0 fully saturated rings. The largest absolute Gasteiger partial charge is 0.417 e. The van der Waals surface area contributed by atoms with Gasteiger partial charge in [0.25, 0.3) is 5.91 Å². The van der Waals surface area contributed by atoms with E-state index in [0.29, 0.717) is 16.8 Å². The van der Waals surface area contributed by atoms with Crippen molar-refractivity contribution in [3.63, 3.8) is 0 Å². The maximum atomic E-state index is 12.6. The minimum absolute atomic E-state index is 0.0644. The van der Waals surface area contributed by atoms with Crippen LogP contribution >= 0.6 is 23.2 Å². The van der Waals surface area contributed by atoms with Crippen LogP contribution in [0.4, 0.5) is 19.0 Å². The number of nitrogens with one attached hydrogen (secondary N) is 2. The summed E-state index contributed by atoms with van der Waals surface area (Å²) >= 11 is 11.6. The summed E-state index contributed by atoms with van der Waals surface area (Å²) < 4.78 is 37.7. The van der Waals surface area contributed by atoms with E-state index in [9.17, 15) is 23.2 Å². The lowest BCUT2D eigenvalue weighted by atomic mass is 10.0. The number of nitrogens with zero attached hydrogens (tertiary/aromatic N) is 3. The highest BCUT2D eigenvalue weighted by atomic mass is 35.5. The zero-order chi connectivity index (χ0) is 22.9. The Labute approximate surface area is 185 Å². The maximum absolute atomic E-state index is 12.6. The maximum Gasteiger partial charge on any atom is 0.417 e. The van der Waals surface area contributed by atoms with E-state index in [1.54, 1.807) is 24.3 Å². The standard InChI is InChI=1S/C19H16Cl2F3N5O2/c20-15-3-1-12(2-4-15)13(8-25)9-29-31-11-17(30)26-5-6-27-18-16(21)7-14(10-28-18)19(22,23)24/h1-4,7,9-10,13H,5-6,11H2,(H,26,30)(H,27,28)/b29-9-/t13-/m1/s1. The summed E-state index contributed by atoms with van der Waals surface area (Å²) in [5.74, 6) is -1.08. The fourth-order valence-corrected chi connectivity index (χ4v) is 2.58. The van der Waals surface area contributed by atoms with Crippen molar-refractivity contribution in [1.82, 2.24) is 10.3 Å². The number of amides is 1. The fraction of sp³-hybridized carbons (Fsp3) is 0.263. The lowest BCUT2D eigenvalue weighted by Gasteiger charge is -2.11. The number of carbonyl (C=O) groups is 1. The first kappa shape index (κ1) is 24.2. The van der Waals surface area contributed by atoms with E-state index in [-0.39, 0.29) is 30.5 Å². The van der Waals surface area contributed by atoms with Crippen LogP contribution in [0.5, 0.6) is 0 Å². The normalized spacial score (nSPS) is 12.3. The van der Waals surface area contributed by atoms with Gasteiger partial charge < -0.3 is 15.5 Å². The van der Waals surface area contributed by atoms with Gasteiger partial charge in [0, 0.05) is 24.3 Å². The molecule has 0 bridgehead atoms. The van der Waals surface area contributed by atoms with Crippen molar-refractivity contribution in [2.75, 3.05) is 25.0 Å². The van der Waals surface area contributed by atoms with E-state index in [1.807, 2.05) is 6.07 Å². The topological polar surface area (TPSA) is 99.4 Å². The summed E-state index contributed by atoms with van der Waals surface area (Å²) in [5.41, 5.74) is -0.283. The summed E-state index contributed by atoms with van der Waals surface area (Å²) in [5, 5.41) is 18.4. The number of pyridine rings is 1. The van der Waals surface area contributed by atoms with Crippen LogP contribution in [0.1, 0.15) is 17.0 Å². The molecule has 0 aliphatic heterocycles. The minimum atomic E-state index is -4.53. The van der Waals surface area contributed by atoms with E-state index < -0.39 is 23.6 Å². The second-order valence-corrected chi connectivity index (χ2v) is 6.86. The van der Waals surface area contributed by atoms with Gasteiger partial charge in [-0.1, -0.05) is 40.5 Å². The molecule has 0 saturated carbocycles. The number of anilines is 1. The molecule has 2 aromatic rings. The summed E-state index contributed by atoms with van der Waals surface area (Å²) in [6.07, 6.45) is -2.61. The predicted molar refractivity (Wildman–Crippen MR) is 110 cm³/mol. The molecule has 12 heteroatoms. The highest BCUT2D eigenvalue weighted by Gasteiger charge is 2.31. The summed E-state index contributed by atoms with van der Waals surface area (Å²) in [6, 6.07) is 9.45. The molecule has 1 amide bonds. The Kier molecular flexibility index (Phi) is 8.90. The fourth-order valence-electron chi connectivity index (χ4n) is 2.22. The molecule has 1 aromatic heterocycles.